The van der Waals surface area contributed by atoms with E-state index in [1.54, 1.807) is 12.1 Å². The van der Waals surface area contributed by atoms with Crippen LogP contribution in [0.4, 0.5) is 4.39 Å². The highest BCUT2D eigenvalue weighted by atomic mass is 35.5. The minimum Gasteiger partial charge on any atom is -0.460 e. The number of hydrogen-bond donors (Lipinski definition) is 0. The zero-order chi connectivity index (χ0) is 15.8. The number of allylic oxidation sites excluding steroid dienone is 1. The molecule has 0 heterocycles. The number of ether oxygens (including phenoxy) is 1. The molecule has 1 aromatic rings. The molecular formula is C15H14Cl3FO2. The second kappa shape index (κ2) is 6.15. The van der Waals surface area contributed by atoms with Gasteiger partial charge in [-0.25, -0.2) is 4.39 Å². The van der Waals surface area contributed by atoms with Crippen LogP contribution in [0, 0.1) is 23.1 Å². The Hall–Kier alpha value is -0.770. The molecule has 0 unspecified atom stereocenters. The number of hydrogen-bond acceptors (Lipinski definition) is 2. The molecule has 0 spiro atoms. The van der Waals surface area contributed by atoms with Gasteiger partial charge in [0.05, 0.1) is 10.9 Å². The van der Waals surface area contributed by atoms with E-state index >= 15 is 0 Å². The summed E-state index contributed by atoms with van der Waals surface area (Å²) in [6.45, 7) is 3.65. The van der Waals surface area contributed by atoms with E-state index < -0.39 is 11.8 Å². The lowest BCUT2D eigenvalue weighted by Gasteiger charge is -2.08. The van der Waals surface area contributed by atoms with Crippen molar-refractivity contribution in [3.8, 4) is 0 Å². The van der Waals surface area contributed by atoms with Gasteiger partial charge < -0.3 is 4.74 Å². The molecule has 6 heteroatoms. The SMILES string of the molecule is CC1(C)[C@@H](C=C(Cl)Cl)[C@@H]1C(=O)OCc1c(F)cccc1Cl. The van der Waals surface area contributed by atoms with Crippen LogP contribution in [0.3, 0.4) is 0 Å². The zero-order valence-corrected chi connectivity index (χ0v) is 13.8. The average Bonchev–Trinajstić information content (AvgIpc) is 2.89. The summed E-state index contributed by atoms with van der Waals surface area (Å²) >= 11 is 17.1. The number of esters is 1. The van der Waals surface area contributed by atoms with E-state index in [1.807, 2.05) is 13.8 Å². The van der Waals surface area contributed by atoms with Gasteiger partial charge in [-0.1, -0.05) is 54.7 Å². The minimum absolute atomic E-state index is 0.0777. The molecular weight excluding hydrogens is 338 g/mol. The van der Waals surface area contributed by atoms with Gasteiger partial charge in [-0.3, -0.25) is 4.79 Å². The quantitative estimate of drug-likeness (QED) is 0.704. The van der Waals surface area contributed by atoms with Crippen LogP contribution < -0.4 is 0 Å². The van der Waals surface area contributed by atoms with Gasteiger partial charge in [0, 0.05) is 5.56 Å². The van der Waals surface area contributed by atoms with Crippen LogP contribution in [-0.4, -0.2) is 5.97 Å². The van der Waals surface area contributed by atoms with Gasteiger partial charge in [-0.2, -0.15) is 0 Å². The van der Waals surface area contributed by atoms with Gasteiger partial charge in [0.15, 0.2) is 0 Å². The van der Waals surface area contributed by atoms with Crippen molar-refractivity contribution < 1.29 is 13.9 Å². The fourth-order valence-electron chi connectivity index (χ4n) is 2.48. The smallest absolute Gasteiger partial charge is 0.310 e. The number of rotatable bonds is 4. The topological polar surface area (TPSA) is 26.3 Å². The highest BCUT2D eigenvalue weighted by Crippen LogP contribution is 2.60. The fraction of sp³-hybridized carbons (Fsp3) is 0.400. The van der Waals surface area contributed by atoms with E-state index in [9.17, 15) is 9.18 Å². The van der Waals surface area contributed by atoms with Crippen molar-refractivity contribution >= 4 is 40.8 Å². The number of halogens is 4. The van der Waals surface area contributed by atoms with Crippen LogP contribution in [0.25, 0.3) is 0 Å². The Morgan fingerprint density at radius 1 is 1.43 bits per heavy atom. The van der Waals surface area contributed by atoms with Gasteiger partial charge in [0.25, 0.3) is 0 Å². The molecule has 0 aromatic heterocycles. The van der Waals surface area contributed by atoms with Crippen LogP contribution in [0.15, 0.2) is 28.8 Å². The maximum absolute atomic E-state index is 13.6. The maximum Gasteiger partial charge on any atom is 0.310 e. The summed E-state index contributed by atoms with van der Waals surface area (Å²) < 4.78 is 18.9. The molecule has 1 aromatic carbocycles. The first-order chi connectivity index (χ1) is 9.75. The van der Waals surface area contributed by atoms with Gasteiger partial charge in [-0.15, -0.1) is 0 Å². The van der Waals surface area contributed by atoms with Gasteiger partial charge in [0.1, 0.15) is 16.9 Å². The molecule has 1 fully saturated rings. The van der Waals surface area contributed by atoms with Crippen LogP contribution in [-0.2, 0) is 16.1 Å². The Morgan fingerprint density at radius 3 is 2.67 bits per heavy atom. The molecule has 1 aliphatic carbocycles. The van der Waals surface area contributed by atoms with E-state index in [0.29, 0.717) is 0 Å². The Bertz CT molecular complexity index is 574. The molecule has 21 heavy (non-hydrogen) atoms. The second-order valence-corrected chi connectivity index (χ2v) is 7.00. The third kappa shape index (κ3) is 3.53. The highest BCUT2D eigenvalue weighted by molar-refractivity contribution is 6.55. The Labute approximate surface area is 137 Å². The number of carbonyl (C=O) groups excluding carboxylic acids is 1. The van der Waals surface area contributed by atoms with Gasteiger partial charge >= 0.3 is 5.97 Å². The minimum atomic E-state index is -0.495. The molecule has 2 atom stereocenters. The van der Waals surface area contributed by atoms with Crippen LogP contribution in [0.1, 0.15) is 19.4 Å². The normalized spacial score (nSPS) is 22.6. The molecule has 0 aliphatic heterocycles. The Balaban J connectivity index is 2.02. The first-order valence-electron chi connectivity index (χ1n) is 6.37. The van der Waals surface area contributed by atoms with Crippen molar-refractivity contribution in [2.24, 2.45) is 17.3 Å². The Morgan fingerprint density at radius 2 is 2.10 bits per heavy atom. The molecule has 0 saturated heterocycles. The van der Waals surface area contributed by atoms with Gasteiger partial charge in [-0.05, 0) is 29.5 Å². The Kier molecular flexibility index (Phi) is 4.86. The maximum atomic E-state index is 13.6. The molecule has 0 bridgehead atoms. The summed E-state index contributed by atoms with van der Waals surface area (Å²) in [5.41, 5.74) is -0.0982. The van der Waals surface area contributed by atoms with E-state index in [4.69, 9.17) is 39.5 Å². The van der Waals surface area contributed by atoms with Crippen LogP contribution in [0.5, 0.6) is 0 Å². The number of benzene rings is 1. The molecule has 0 radical (unpaired) electrons. The first kappa shape index (κ1) is 16.6. The molecule has 1 saturated carbocycles. The third-order valence-corrected chi connectivity index (χ3v) is 4.50. The van der Waals surface area contributed by atoms with Crippen molar-refractivity contribution in [1.29, 1.82) is 0 Å². The van der Waals surface area contributed by atoms with E-state index in [2.05, 4.69) is 0 Å². The molecule has 0 amide bonds. The summed E-state index contributed by atoms with van der Waals surface area (Å²) in [5.74, 6) is -1.32. The molecule has 0 N–H and O–H groups in total. The standard InChI is InChI=1S/C15H14Cl3FO2/c1-15(2)9(6-12(17)18)13(15)14(20)21-7-8-10(16)4-3-5-11(8)19/h3-6,9,13H,7H2,1-2H3/t9-,13+/m0/s1. The lowest BCUT2D eigenvalue weighted by Crippen LogP contribution is -2.11. The lowest BCUT2D eigenvalue weighted by atomic mass is 10.1. The fourth-order valence-corrected chi connectivity index (χ4v) is 2.97. The van der Waals surface area contributed by atoms with Crippen LogP contribution >= 0.6 is 34.8 Å². The summed E-state index contributed by atoms with van der Waals surface area (Å²) in [6.07, 6.45) is 1.63. The van der Waals surface area contributed by atoms with Crippen molar-refractivity contribution in [3.05, 3.63) is 45.2 Å². The lowest BCUT2D eigenvalue weighted by molar-refractivity contribution is -0.147. The van der Waals surface area contributed by atoms with Gasteiger partial charge in [0.2, 0.25) is 0 Å². The molecule has 2 rings (SSSR count). The predicted octanol–water partition coefficient (Wildman–Crippen LogP) is 5.11. The van der Waals surface area contributed by atoms with Crippen molar-refractivity contribution in [2.45, 2.75) is 20.5 Å². The number of carbonyl (C=O) groups is 1. The summed E-state index contributed by atoms with van der Waals surface area (Å²) in [6, 6.07) is 4.32. The van der Waals surface area contributed by atoms with Crippen LogP contribution in [0.2, 0.25) is 5.02 Å². The zero-order valence-electron chi connectivity index (χ0n) is 11.5. The van der Waals surface area contributed by atoms with Crippen molar-refractivity contribution in [2.75, 3.05) is 0 Å². The average molecular weight is 352 g/mol. The predicted molar refractivity (Wildman–Crippen MR) is 81.8 cm³/mol. The summed E-state index contributed by atoms with van der Waals surface area (Å²) in [7, 11) is 0. The molecule has 114 valence electrons. The molecule has 2 nitrogen and oxygen atoms in total. The van der Waals surface area contributed by atoms with E-state index in [0.717, 1.165) is 0 Å². The van der Waals surface area contributed by atoms with Crippen molar-refractivity contribution in [1.82, 2.24) is 0 Å². The first-order valence-corrected chi connectivity index (χ1v) is 7.51. The largest absolute Gasteiger partial charge is 0.460 e. The van der Waals surface area contributed by atoms with E-state index in [-0.39, 0.29) is 38.9 Å². The van der Waals surface area contributed by atoms with Crippen molar-refractivity contribution in [3.63, 3.8) is 0 Å². The third-order valence-electron chi connectivity index (χ3n) is 3.89. The summed E-state index contributed by atoms with van der Waals surface area (Å²) in [5, 5.41) is 0.234. The second-order valence-electron chi connectivity index (χ2n) is 5.59. The summed E-state index contributed by atoms with van der Waals surface area (Å²) in [4.78, 5) is 12.1. The monoisotopic (exact) mass is 350 g/mol. The highest BCUT2D eigenvalue weighted by Gasteiger charge is 2.61. The molecule has 1 aliphatic rings. The van der Waals surface area contributed by atoms with E-state index in [1.165, 1.54) is 12.1 Å².